The zero-order valence-electron chi connectivity index (χ0n) is 9.08. The van der Waals surface area contributed by atoms with Crippen LogP contribution in [0.3, 0.4) is 0 Å². The van der Waals surface area contributed by atoms with E-state index in [1.807, 2.05) is 6.92 Å². The molecular formula is C10H19N3S. The predicted octanol–water partition coefficient (Wildman–Crippen LogP) is 1.52. The van der Waals surface area contributed by atoms with Crippen LogP contribution in [0.1, 0.15) is 24.5 Å². The summed E-state index contributed by atoms with van der Waals surface area (Å²) >= 11 is 1.70. The minimum absolute atomic E-state index is 0.232. The quantitative estimate of drug-likeness (QED) is 0.780. The summed E-state index contributed by atoms with van der Waals surface area (Å²) in [5, 5.41) is 6.53. The van der Waals surface area contributed by atoms with Gasteiger partial charge in [0, 0.05) is 30.2 Å². The van der Waals surface area contributed by atoms with Gasteiger partial charge in [-0.15, -0.1) is 11.3 Å². The smallest absolute Gasteiger partial charge is 0.107 e. The van der Waals surface area contributed by atoms with E-state index in [0.29, 0.717) is 5.92 Å². The molecule has 0 aliphatic heterocycles. The van der Waals surface area contributed by atoms with E-state index in [1.54, 1.807) is 11.3 Å². The number of nitrogens with zero attached hydrogens (tertiary/aromatic N) is 1. The maximum Gasteiger partial charge on any atom is 0.107 e. The van der Waals surface area contributed by atoms with Gasteiger partial charge in [0.2, 0.25) is 0 Å². The summed E-state index contributed by atoms with van der Waals surface area (Å²) in [4.78, 5) is 4.37. The van der Waals surface area contributed by atoms with Crippen LogP contribution < -0.4 is 11.1 Å². The Balaban J connectivity index is 2.22. The predicted molar refractivity (Wildman–Crippen MR) is 61.4 cm³/mol. The fraction of sp³-hybridized carbons (Fsp3) is 0.700. The van der Waals surface area contributed by atoms with Gasteiger partial charge in [0.25, 0.3) is 0 Å². The molecule has 0 spiro atoms. The number of aromatic nitrogens is 1. The molecule has 1 rings (SSSR count). The van der Waals surface area contributed by atoms with Crippen LogP contribution in [0.5, 0.6) is 0 Å². The molecule has 1 aromatic heterocycles. The lowest BCUT2D eigenvalue weighted by Gasteiger charge is -2.15. The van der Waals surface area contributed by atoms with E-state index in [9.17, 15) is 0 Å². The SMILES string of the molecule is Cc1csc(CNCC(N)C(C)C)n1. The molecule has 1 atom stereocenters. The number of rotatable bonds is 5. The van der Waals surface area contributed by atoms with Crippen molar-refractivity contribution in [2.45, 2.75) is 33.4 Å². The van der Waals surface area contributed by atoms with Crippen molar-refractivity contribution < 1.29 is 0 Å². The van der Waals surface area contributed by atoms with Crippen LogP contribution in [0.4, 0.5) is 0 Å². The Morgan fingerprint density at radius 1 is 1.57 bits per heavy atom. The zero-order valence-corrected chi connectivity index (χ0v) is 9.90. The summed E-state index contributed by atoms with van der Waals surface area (Å²) in [6, 6.07) is 0.232. The second-order valence-electron chi connectivity index (χ2n) is 3.92. The Hall–Kier alpha value is -0.450. The van der Waals surface area contributed by atoms with Crippen molar-refractivity contribution in [2.75, 3.05) is 6.54 Å². The Labute approximate surface area is 89.7 Å². The Bertz CT molecular complexity index is 270. The Morgan fingerprint density at radius 3 is 2.79 bits per heavy atom. The number of aryl methyl sites for hydroxylation is 1. The van der Waals surface area contributed by atoms with Gasteiger partial charge in [0.05, 0.1) is 0 Å². The maximum atomic E-state index is 5.91. The highest BCUT2D eigenvalue weighted by atomic mass is 32.1. The highest BCUT2D eigenvalue weighted by Crippen LogP contribution is 2.07. The van der Waals surface area contributed by atoms with Gasteiger partial charge < -0.3 is 11.1 Å². The summed E-state index contributed by atoms with van der Waals surface area (Å²) in [6.45, 7) is 7.98. The fourth-order valence-corrected chi connectivity index (χ4v) is 1.81. The van der Waals surface area contributed by atoms with Crippen molar-refractivity contribution in [3.05, 3.63) is 16.1 Å². The number of nitrogens with one attached hydrogen (secondary N) is 1. The molecule has 1 aromatic rings. The first-order valence-electron chi connectivity index (χ1n) is 4.97. The first-order valence-corrected chi connectivity index (χ1v) is 5.85. The Kier molecular flexibility index (Phi) is 4.51. The van der Waals surface area contributed by atoms with Gasteiger partial charge in [0.15, 0.2) is 0 Å². The largest absolute Gasteiger partial charge is 0.326 e. The lowest BCUT2D eigenvalue weighted by molar-refractivity contribution is 0.458. The van der Waals surface area contributed by atoms with Crippen LogP contribution in [0, 0.1) is 12.8 Å². The average molecular weight is 213 g/mol. The molecule has 0 saturated carbocycles. The molecule has 0 fully saturated rings. The highest BCUT2D eigenvalue weighted by Gasteiger charge is 2.06. The zero-order chi connectivity index (χ0) is 10.6. The molecule has 0 amide bonds. The molecule has 1 unspecified atom stereocenters. The first kappa shape index (κ1) is 11.6. The summed E-state index contributed by atoms with van der Waals surface area (Å²) in [5.41, 5.74) is 7.00. The van der Waals surface area contributed by atoms with Crippen molar-refractivity contribution in [3.63, 3.8) is 0 Å². The van der Waals surface area contributed by atoms with Gasteiger partial charge >= 0.3 is 0 Å². The average Bonchev–Trinajstić information content (AvgIpc) is 2.51. The summed E-state index contributed by atoms with van der Waals surface area (Å²) in [6.07, 6.45) is 0. The van der Waals surface area contributed by atoms with E-state index in [0.717, 1.165) is 23.8 Å². The molecule has 0 saturated heterocycles. The molecular weight excluding hydrogens is 194 g/mol. The minimum atomic E-state index is 0.232. The van der Waals surface area contributed by atoms with Gasteiger partial charge in [-0.25, -0.2) is 4.98 Å². The monoisotopic (exact) mass is 213 g/mol. The van der Waals surface area contributed by atoms with Crippen molar-refractivity contribution in [1.82, 2.24) is 10.3 Å². The van der Waals surface area contributed by atoms with Gasteiger partial charge in [-0.3, -0.25) is 0 Å². The summed E-state index contributed by atoms with van der Waals surface area (Å²) in [7, 11) is 0. The molecule has 0 radical (unpaired) electrons. The van der Waals surface area contributed by atoms with E-state index < -0.39 is 0 Å². The van der Waals surface area contributed by atoms with E-state index in [2.05, 4.69) is 29.5 Å². The van der Waals surface area contributed by atoms with Crippen molar-refractivity contribution in [2.24, 2.45) is 11.7 Å². The standard InChI is InChI=1S/C10H19N3S/c1-7(2)9(11)4-12-5-10-13-8(3)6-14-10/h6-7,9,12H,4-5,11H2,1-3H3. The second-order valence-corrected chi connectivity index (χ2v) is 4.86. The fourth-order valence-electron chi connectivity index (χ4n) is 1.07. The minimum Gasteiger partial charge on any atom is -0.326 e. The van der Waals surface area contributed by atoms with Gasteiger partial charge in [-0.05, 0) is 12.8 Å². The topological polar surface area (TPSA) is 50.9 Å². The molecule has 80 valence electrons. The molecule has 0 aliphatic carbocycles. The van der Waals surface area contributed by atoms with Gasteiger partial charge in [-0.1, -0.05) is 13.8 Å². The van der Waals surface area contributed by atoms with E-state index >= 15 is 0 Å². The van der Waals surface area contributed by atoms with Crippen LogP contribution >= 0.6 is 11.3 Å². The van der Waals surface area contributed by atoms with E-state index in [4.69, 9.17) is 5.73 Å². The van der Waals surface area contributed by atoms with Crippen LogP contribution in [0.15, 0.2) is 5.38 Å². The molecule has 4 heteroatoms. The second kappa shape index (κ2) is 5.44. The van der Waals surface area contributed by atoms with Crippen LogP contribution in [-0.4, -0.2) is 17.6 Å². The maximum absolute atomic E-state index is 5.91. The molecule has 0 aliphatic rings. The van der Waals surface area contributed by atoms with Gasteiger partial charge in [-0.2, -0.15) is 0 Å². The van der Waals surface area contributed by atoms with E-state index in [1.165, 1.54) is 0 Å². The number of thiazole rings is 1. The van der Waals surface area contributed by atoms with Crippen molar-refractivity contribution in [1.29, 1.82) is 0 Å². The Morgan fingerprint density at radius 2 is 2.29 bits per heavy atom. The molecule has 3 nitrogen and oxygen atoms in total. The number of nitrogens with two attached hydrogens (primary N) is 1. The molecule has 1 heterocycles. The van der Waals surface area contributed by atoms with Crippen LogP contribution in [0.25, 0.3) is 0 Å². The van der Waals surface area contributed by atoms with E-state index in [-0.39, 0.29) is 6.04 Å². The number of hydrogen-bond donors (Lipinski definition) is 2. The number of hydrogen-bond acceptors (Lipinski definition) is 4. The van der Waals surface area contributed by atoms with Gasteiger partial charge in [0.1, 0.15) is 5.01 Å². The lowest BCUT2D eigenvalue weighted by atomic mass is 10.1. The lowest BCUT2D eigenvalue weighted by Crippen LogP contribution is -2.37. The molecule has 0 bridgehead atoms. The third-order valence-electron chi connectivity index (χ3n) is 2.18. The first-order chi connectivity index (χ1) is 6.59. The molecule has 14 heavy (non-hydrogen) atoms. The van der Waals surface area contributed by atoms with Crippen molar-refractivity contribution in [3.8, 4) is 0 Å². The van der Waals surface area contributed by atoms with Crippen molar-refractivity contribution >= 4 is 11.3 Å². The molecule has 0 aromatic carbocycles. The third kappa shape index (κ3) is 3.74. The summed E-state index contributed by atoms with van der Waals surface area (Å²) in [5.74, 6) is 0.528. The summed E-state index contributed by atoms with van der Waals surface area (Å²) < 4.78 is 0. The highest BCUT2D eigenvalue weighted by molar-refractivity contribution is 7.09. The third-order valence-corrected chi connectivity index (χ3v) is 3.15. The van der Waals surface area contributed by atoms with Crippen LogP contribution in [-0.2, 0) is 6.54 Å². The normalized spacial score (nSPS) is 13.5. The van der Waals surface area contributed by atoms with Crippen LogP contribution in [0.2, 0.25) is 0 Å². The molecule has 3 N–H and O–H groups in total.